The first-order chi connectivity index (χ1) is 16.4. The van der Waals surface area contributed by atoms with E-state index in [-0.39, 0.29) is 29.9 Å². The Hall–Kier alpha value is -1.68. The van der Waals surface area contributed by atoms with Gasteiger partial charge in [0.15, 0.2) is 0 Å². The third kappa shape index (κ3) is 5.58. The van der Waals surface area contributed by atoms with Gasteiger partial charge in [0.05, 0.1) is 19.3 Å². The average molecular weight is 477 g/mol. The zero-order valence-electron chi connectivity index (χ0n) is 21.1. The minimum Gasteiger partial charge on any atom is -0.379 e. The number of ether oxygens (including phenoxy) is 1. The number of hydrogen-bond acceptors (Lipinski definition) is 7. The summed E-state index contributed by atoms with van der Waals surface area (Å²) in [6, 6.07) is -0.0286. The SMILES string of the molecule is C=C1C2CC(C(=O)NCCN3CCOCC3)NN2CC(C)(C(=O)NC2CCCCCC2)N1CC. The maximum absolute atomic E-state index is 13.6. The zero-order chi connectivity index (χ0) is 24.1. The van der Waals surface area contributed by atoms with Crippen LogP contribution in [-0.2, 0) is 14.3 Å². The van der Waals surface area contributed by atoms with Crippen molar-refractivity contribution >= 4 is 11.8 Å². The Morgan fingerprint density at radius 3 is 2.56 bits per heavy atom. The van der Waals surface area contributed by atoms with Crippen molar-refractivity contribution in [2.75, 3.05) is 52.5 Å². The van der Waals surface area contributed by atoms with E-state index in [9.17, 15) is 9.59 Å². The second-order valence-electron chi connectivity index (χ2n) is 10.5. The van der Waals surface area contributed by atoms with E-state index < -0.39 is 5.54 Å². The summed E-state index contributed by atoms with van der Waals surface area (Å²) in [5, 5.41) is 8.53. The van der Waals surface area contributed by atoms with Gasteiger partial charge in [-0.05, 0) is 33.1 Å². The van der Waals surface area contributed by atoms with Gasteiger partial charge < -0.3 is 20.3 Å². The Bertz CT molecular complexity index is 734. The molecule has 0 aromatic rings. The molecule has 0 radical (unpaired) electrons. The third-order valence-electron chi connectivity index (χ3n) is 8.11. The van der Waals surface area contributed by atoms with Crippen LogP contribution in [0.25, 0.3) is 0 Å². The lowest BCUT2D eigenvalue weighted by atomic mass is 9.90. The van der Waals surface area contributed by atoms with Gasteiger partial charge in [0.2, 0.25) is 11.8 Å². The van der Waals surface area contributed by atoms with Crippen LogP contribution in [-0.4, -0.2) is 103 Å². The second-order valence-corrected chi connectivity index (χ2v) is 10.5. The predicted octanol–water partition coefficient (Wildman–Crippen LogP) is 0.829. The lowest BCUT2D eigenvalue weighted by molar-refractivity contribution is -0.137. The molecule has 34 heavy (non-hydrogen) atoms. The summed E-state index contributed by atoms with van der Waals surface area (Å²) in [4.78, 5) is 30.9. The molecular formula is C25H44N6O3. The summed E-state index contributed by atoms with van der Waals surface area (Å²) >= 11 is 0. The standard InChI is InChI=1S/C25H44N6O3/c1-4-30-19(2)22-17-21(23(32)26-11-12-29-13-15-34-16-14-29)28-31(22)18-25(30,3)24(33)27-20-9-7-5-6-8-10-20/h20-22,28H,2,4-18H2,1,3H3,(H,26,32)(H,27,33). The van der Waals surface area contributed by atoms with Gasteiger partial charge in [-0.25, -0.2) is 10.4 Å². The van der Waals surface area contributed by atoms with E-state index in [0.717, 1.165) is 51.4 Å². The molecule has 9 heteroatoms. The normalized spacial score (nSPS) is 31.7. The molecule has 192 valence electrons. The Kier molecular flexibility index (Phi) is 8.50. The van der Waals surface area contributed by atoms with E-state index >= 15 is 0 Å². The first-order valence-corrected chi connectivity index (χ1v) is 13.3. The van der Waals surface area contributed by atoms with E-state index in [2.05, 4.69) is 44.4 Å². The van der Waals surface area contributed by atoms with Gasteiger partial charge in [-0.3, -0.25) is 14.5 Å². The van der Waals surface area contributed by atoms with Gasteiger partial charge in [-0.2, -0.15) is 0 Å². The number of carbonyl (C=O) groups excluding carboxylic acids is 2. The summed E-state index contributed by atoms with van der Waals surface area (Å²) in [7, 11) is 0. The molecule has 1 aliphatic carbocycles. The maximum Gasteiger partial charge on any atom is 0.247 e. The fourth-order valence-corrected chi connectivity index (χ4v) is 6.04. The molecule has 3 aliphatic heterocycles. The van der Waals surface area contributed by atoms with Crippen molar-refractivity contribution in [3.05, 3.63) is 12.3 Å². The molecule has 3 saturated heterocycles. The number of amides is 2. The van der Waals surface area contributed by atoms with E-state index in [4.69, 9.17) is 4.74 Å². The molecule has 1 saturated carbocycles. The van der Waals surface area contributed by atoms with Crippen molar-refractivity contribution in [2.45, 2.75) is 82.5 Å². The van der Waals surface area contributed by atoms with Gasteiger partial charge in [0.25, 0.3) is 0 Å². The Morgan fingerprint density at radius 1 is 1.18 bits per heavy atom. The molecule has 0 aromatic heterocycles. The van der Waals surface area contributed by atoms with Crippen LogP contribution in [0.3, 0.4) is 0 Å². The fraction of sp³-hybridized carbons (Fsp3) is 0.840. The van der Waals surface area contributed by atoms with Gasteiger partial charge in [0, 0.05) is 51.0 Å². The number of hydrazine groups is 1. The van der Waals surface area contributed by atoms with Crippen LogP contribution in [0.4, 0.5) is 0 Å². The van der Waals surface area contributed by atoms with Crippen molar-refractivity contribution in [3.8, 4) is 0 Å². The molecular weight excluding hydrogens is 432 g/mol. The van der Waals surface area contributed by atoms with Crippen LogP contribution in [0.1, 0.15) is 58.8 Å². The van der Waals surface area contributed by atoms with Crippen molar-refractivity contribution in [1.29, 1.82) is 0 Å². The van der Waals surface area contributed by atoms with Crippen LogP contribution >= 0.6 is 0 Å². The highest BCUT2D eigenvalue weighted by atomic mass is 16.5. The number of carbonyl (C=O) groups is 2. The molecule has 3 unspecified atom stereocenters. The molecule has 4 rings (SSSR count). The lowest BCUT2D eigenvalue weighted by Gasteiger charge is -2.51. The first kappa shape index (κ1) is 25.4. The number of fused-ring (bicyclic) bond motifs is 1. The summed E-state index contributed by atoms with van der Waals surface area (Å²) in [6.45, 7) is 14.5. The van der Waals surface area contributed by atoms with Crippen molar-refractivity contribution < 1.29 is 14.3 Å². The third-order valence-corrected chi connectivity index (χ3v) is 8.11. The highest BCUT2D eigenvalue weighted by Crippen LogP contribution is 2.35. The van der Waals surface area contributed by atoms with Crippen molar-refractivity contribution in [2.24, 2.45) is 0 Å². The maximum atomic E-state index is 13.6. The van der Waals surface area contributed by atoms with Gasteiger partial charge >= 0.3 is 0 Å². The lowest BCUT2D eigenvalue weighted by Crippen LogP contribution is -2.69. The minimum atomic E-state index is -0.719. The molecule has 0 aromatic carbocycles. The summed E-state index contributed by atoms with van der Waals surface area (Å²) in [5.74, 6) is 0.0872. The first-order valence-electron chi connectivity index (χ1n) is 13.3. The molecule has 3 atom stereocenters. The van der Waals surface area contributed by atoms with Gasteiger partial charge in [-0.15, -0.1) is 0 Å². The van der Waals surface area contributed by atoms with Crippen LogP contribution in [0.2, 0.25) is 0 Å². The molecule has 3 N–H and O–H groups in total. The monoisotopic (exact) mass is 476 g/mol. The van der Waals surface area contributed by atoms with Gasteiger partial charge in [0.1, 0.15) is 11.6 Å². The second kappa shape index (κ2) is 11.4. The topological polar surface area (TPSA) is 89.2 Å². The van der Waals surface area contributed by atoms with Gasteiger partial charge in [-0.1, -0.05) is 32.3 Å². The van der Waals surface area contributed by atoms with E-state index in [0.29, 0.717) is 26.1 Å². The molecule has 3 heterocycles. The summed E-state index contributed by atoms with van der Waals surface area (Å²) in [6.07, 6.45) is 7.68. The van der Waals surface area contributed by atoms with E-state index in [1.165, 1.54) is 25.7 Å². The van der Waals surface area contributed by atoms with Crippen LogP contribution < -0.4 is 16.1 Å². The molecule has 0 spiro atoms. The summed E-state index contributed by atoms with van der Waals surface area (Å²) < 4.78 is 5.39. The number of piperazine rings is 1. The Morgan fingerprint density at radius 2 is 1.88 bits per heavy atom. The number of nitrogens with zero attached hydrogens (tertiary/aromatic N) is 3. The van der Waals surface area contributed by atoms with E-state index in [1.54, 1.807) is 0 Å². The zero-order valence-corrected chi connectivity index (χ0v) is 21.1. The molecule has 0 bridgehead atoms. The van der Waals surface area contributed by atoms with Crippen LogP contribution in [0, 0.1) is 0 Å². The molecule has 2 amide bonds. The minimum absolute atomic E-state index is 0.0168. The Balaban J connectivity index is 1.34. The Labute approximate surface area is 204 Å². The molecule has 9 nitrogen and oxygen atoms in total. The number of rotatable bonds is 7. The number of morpholine rings is 1. The molecule has 4 fully saturated rings. The number of hydrogen-bond donors (Lipinski definition) is 3. The smallest absolute Gasteiger partial charge is 0.247 e. The quantitative estimate of drug-likeness (QED) is 0.469. The predicted molar refractivity (Wildman–Crippen MR) is 132 cm³/mol. The highest BCUT2D eigenvalue weighted by molar-refractivity contribution is 5.87. The fourth-order valence-electron chi connectivity index (χ4n) is 6.04. The van der Waals surface area contributed by atoms with Crippen molar-refractivity contribution in [3.63, 3.8) is 0 Å². The van der Waals surface area contributed by atoms with Crippen molar-refractivity contribution in [1.82, 2.24) is 30.9 Å². The van der Waals surface area contributed by atoms with Crippen LogP contribution in [0.15, 0.2) is 12.3 Å². The highest BCUT2D eigenvalue weighted by Gasteiger charge is 2.52. The summed E-state index contributed by atoms with van der Waals surface area (Å²) in [5.41, 5.74) is 3.60. The average Bonchev–Trinajstić information content (AvgIpc) is 3.09. The van der Waals surface area contributed by atoms with E-state index in [1.807, 2.05) is 6.92 Å². The number of nitrogens with one attached hydrogen (secondary N) is 3. The number of likely N-dealkylation sites (N-methyl/N-ethyl adjacent to an activating group) is 1. The van der Waals surface area contributed by atoms with Crippen LogP contribution in [0.5, 0.6) is 0 Å². The largest absolute Gasteiger partial charge is 0.379 e. The molecule has 4 aliphatic rings.